The van der Waals surface area contributed by atoms with Crippen molar-refractivity contribution in [2.75, 3.05) is 71.5 Å². The van der Waals surface area contributed by atoms with Crippen LogP contribution in [0.5, 0.6) is 11.5 Å². The topological polar surface area (TPSA) is 356 Å². The lowest BCUT2D eigenvalue weighted by atomic mass is 9.80. The molecule has 2 saturated heterocycles. The molecule has 120 heavy (non-hydrogen) atoms. The van der Waals surface area contributed by atoms with Gasteiger partial charge in [-0.2, -0.15) is 15.5 Å². The first-order valence-electron chi connectivity index (χ1n) is 39.6. The van der Waals surface area contributed by atoms with Crippen molar-refractivity contribution in [2.45, 2.75) is 140 Å². The number of anilines is 2. The molecule has 3 aliphatic rings. The van der Waals surface area contributed by atoms with E-state index < -0.39 is 95.6 Å². The molecule has 1 aliphatic carbocycles. The standard InChI is InChI=1S/C88H95N13O17P2/c1-58(2)101(59(3)4)119(112-47-19-43-89)117-73-50-80(99-46-42-77(96-86(99)105)95-78(102)29-18-45-98(5)87(106)110-53-72-70-27-16-14-25-68(70)69-26-15-17-28-71(69)72)116-76(73)55-114-120(107,113-48-20-44-90)118-74-51-81(115-75(74)54-111-88(63-23-12-9-13-24-63,64-34-38-66(108-6)39-35-64)65-36-40-67(109-7)41-37-65)100-57-94-82-83(92-56-93-84(82)100)97-85(104)62-32-30-61(31-33-62)52-91-79(103)49-60-21-10-8-11-22-60/h8-17,21-28,30-42,46,56-59,72-76,80-81H,18-20,29,45,47-55H2,1-7H3,(H,91,103)(H,92,93,97,104)(H,95,96,102,105)/t73-,74-,75-,76-,80-,81-,119?,120?/m1/s1. The number of imidazole rings is 1. The Labute approximate surface area is 696 Å². The van der Waals surface area contributed by atoms with E-state index in [1.54, 1.807) is 50.1 Å². The molecule has 4 amide bonds. The highest BCUT2D eigenvalue weighted by molar-refractivity contribution is 7.48. The Hall–Kier alpha value is -11.5. The second kappa shape index (κ2) is 40.5. The number of rotatable bonds is 39. The molecule has 0 spiro atoms. The van der Waals surface area contributed by atoms with Crippen LogP contribution in [0.4, 0.5) is 16.4 Å². The van der Waals surface area contributed by atoms with Crippen LogP contribution in [0, 0.1) is 22.7 Å². The Morgan fingerprint density at radius 2 is 1.26 bits per heavy atom. The van der Waals surface area contributed by atoms with Crippen LogP contribution in [0.25, 0.3) is 22.3 Å². The Morgan fingerprint density at radius 1 is 0.658 bits per heavy atom. The van der Waals surface area contributed by atoms with Gasteiger partial charge < -0.3 is 58.3 Å². The van der Waals surface area contributed by atoms with Crippen LogP contribution < -0.4 is 31.1 Å². The number of phosphoric ester groups is 1. The largest absolute Gasteiger partial charge is 0.497 e. The molecule has 2 unspecified atom stereocenters. The number of carbonyl (C=O) groups is 4. The third-order valence-electron chi connectivity index (χ3n) is 20.8. The number of nitrogens with one attached hydrogen (secondary N) is 3. The van der Waals surface area contributed by atoms with Gasteiger partial charge in [-0.3, -0.25) is 37.1 Å². The minimum absolute atomic E-state index is 0.00976. The summed E-state index contributed by atoms with van der Waals surface area (Å²) in [6, 6.07) is 62.1. The number of hydrogen-bond donors (Lipinski definition) is 3. The number of carbonyl (C=O) groups excluding carboxylic acids is 4. The van der Waals surface area contributed by atoms with Crippen LogP contribution in [-0.2, 0) is 74.3 Å². The third kappa shape index (κ3) is 20.9. The Morgan fingerprint density at radius 3 is 1.89 bits per heavy atom. The number of nitriles is 2. The van der Waals surface area contributed by atoms with Gasteiger partial charge in [0, 0.05) is 69.2 Å². The SMILES string of the molecule is COc1ccc(C(OC[C@H]2O[C@@H](n3cnc4c(NC(=O)c5ccc(CNC(=O)Cc6ccccc6)cc5)ncnc43)C[C@H]2OP(=O)(OCCC#N)OC[C@H]2O[C@@H](n3ccc(NC(=O)CCCN(C)C(=O)OCC4c5ccccc5-c5ccccc54)nc3=O)C[C@H]2OP(OCCC#N)N(C(C)C)C(C)C)(c2ccccc2)c2ccc(OC)cc2)cc1. The van der Waals surface area contributed by atoms with Crippen molar-refractivity contribution in [2.24, 2.45) is 0 Å². The Balaban J connectivity index is 0.756. The summed E-state index contributed by atoms with van der Waals surface area (Å²) in [5.41, 5.74) is 6.63. The fraction of sp³-hybridized carbons (Fsp3) is 0.352. The van der Waals surface area contributed by atoms with Gasteiger partial charge in [0.1, 0.15) is 66.6 Å². The summed E-state index contributed by atoms with van der Waals surface area (Å²) in [5, 5.41) is 28.1. The average molecular weight is 1670 g/mol. The molecule has 2 aliphatic heterocycles. The van der Waals surface area contributed by atoms with Crippen molar-refractivity contribution in [1.82, 2.24) is 44.0 Å². The summed E-state index contributed by atoms with van der Waals surface area (Å²) in [5.74, 6) is -0.0226. The second-order valence-corrected chi connectivity index (χ2v) is 32.4. The van der Waals surface area contributed by atoms with E-state index in [0.717, 1.165) is 33.4 Å². The van der Waals surface area contributed by atoms with Gasteiger partial charge in [0.25, 0.3) is 14.4 Å². The first-order valence-corrected chi connectivity index (χ1v) is 42.2. The third-order valence-corrected chi connectivity index (χ3v) is 24.4. The molecule has 3 N–H and O–H groups in total. The molecule has 0 radical (unpaired) electrons. The number of aromatic nitrogens is 6. The zero-order valence-corrected chi connectivity index (χ0v) is 69.3. The molecule has 624 valence electrons. The fourth-order valence-electron chi connectivity index (χ4n) is 14.9. The predicted molar refractivity (Wildman–Crippen MR) is 446 cm³/mol. The molecule has 30 nitrogen and oxygen atoms in total. The lowest BCUT2D eigenvalue weighted by Gasteiger charge is -2.37. The summed E-state index contributed by atoms with van der Waals surface area (Å²) in [6.07, 6.45) is -3.00. The number of fused-ring (bicyclic) bond motifs is 4. The molecular weight excluding hydrogens is 1570 g/mol. The number of phosphoric acid groups is 1. The summed E-state index contributed by atoms with van der Waals surface area (Å²) in [4.78, 5) is 87.3. The van der Waals surface area contributed by atoms with Crippen LogP contribution in [0.3, 0.4) is 0 Å². The van der Waals surface area contributed by atoms with Crippen LogP contribution >= 0.6 is 16.3 Å². The molecule has 32 heteroatoms. The predicted octanol–water partition coefficient (Wildman–Crippen LogP) is 14.5. The van der Waals surface area contributed by atoms with Crippen molar-refractivity contribution in [3.05, 3.63) is 262 Å². The lowest BCUT2D eigenvalue weighted by molar-refractivity contribution is -0.120. The molecular formula is C88H95N13O17P2. The van der Waals surface area contributed by atoms with Gasteiger partial charge in [-0.15, -0.1) is 0 Å². The van der Waals surface area contributed by atoms with E-state index in [0.29, 0.717) is 33.8 Å². The molecule has 13 rings (SSSR count). The summed E-state index contributed by atoms with van der Waals surface area (Å²) in [6.45, 7) is 7.19. The monoisotopic (exact) mass is 1670 g/mol. The zero-order valence-electron chi connectivity index (χ0n) is 67.5. The van der Waals surface area contributed by atoms with Gasteiger partial charge in [0.2, 0.25) is 11.8 Å². The van der Waals surface area contributed by atoms with E-state index in [1.807, 2.05) is 184 Å². The van der Waals surface area contributed by atoms with E-state index in [4.69, 9.17) is 56.0 Å². The molecule has 3 aromatic heterocycles. The minimum Gasteiger partial charge on any atom is -0.497 e. The summed E-state index contributed by atoms with van der Waals surface area (Å²) in [7, 11) is -2.20. The number of methoxy groups -OCH3 is 2. The summed E-state index contributed by atoms with van der Waals surface area (Å²) >= 11 is 0. The summed E-state index contributed by atoms with van der Waals surface area (Å²) < 4.78 is 92.0. The first kappa shape index (κ1) is 86.4. The second-order valence-electron chi connectivity index (χ2n) is 29.4. The normalized spacial score (nSPS) is 17.7. The average Bonchev–Trinajstić information content (AvgIpc) is 1.25. The number of ether oxygens (including phenoxy) is 6. The van der Waals surface area contributed by atoms with E-state index in [9.17, 15) is 34.5 Å². The molecule has 10 aromatic rings. The van der Waals surface area contributed by atoms with E-state index in [1.165, 1.54) is 34.4 Å². The number of amides is 4. The van der Waals surface area contributed by atoms with E-state index >= 15 is 4.57 Å². The maximum atomic E-state index is 16.1. The highest BCUT2D eigenvalue weighted by atomic mass is 31.2. The van der Waals surface area contributed by atoms with Crippen molar-refractivity contribution >= 4 is 63.0 Å². The molecule has 2 fully saturated rings. The molecule has 5 heterocycles. The van der Waals surface area contributed by atoms with Gasteiger partial charge in [-0.05, 0) is 127 Å². The number of hydrogen-bond acceptors (Lipinski definition) is 24. The van der Waals surface area contributed by atoms with Crippen molar-refractivity contribution in [1.29, 1.82) is 10.5 Å². The maximum Gasteiger partial charge on any atom is 0.475 e. The van der Waals surface area contributed by atoms with Gasteiger partial charge in [-0.1, -0.05) is 146 Å². The van der Waals surface area contributed by atoms with Gasteiger partial charge >= 0.3 is 19.6 Å². The number of nitrogens with zero attached hydrogens (tertiary/aromatic N) is 10. The van der Waals surface area contributed by atoms with Crippen LogP contribution in [0.1, 0.15) is 134 Å². The molecule has 8 atom stereocenters. The van der Waals surface area contributed by atoms with E-state index in [-0.39, 0.29) is 125 Å². The van der Waals surface area contributed by atoms with Crippen LogP contribution in [0.2, 0.25) is 0 Å². The molecule has 7 aromatic carbocycles. The lowest BCUT2D eigenvalue weighted by Crippen LogP contribution is -2.38. The van der Waals surface area contributed by atoms with Crippen molar-refractivity contribution < 1.29 is 74.8 Å². The minimum atomic E-state index is -4.96. The molecule has 0 bridgehead atoms. The van der Waals surface area contributed by atoms with Crippen LogP contribution in [-0.4, -0.2) is 160 Å². The van der Waals surface area contributed by atoms with Gasteiger partial charge in [0.15, 0.2) is 17.0 Å². The zero-order chi connectivity index (χ0) is 84.3. The highest BCUT2D eigenvalue weighted by Gasteiger charge is 2.49. The fourth-order valence-corrected chi connectivity index (χ4v) is 18.1. The Bertz CT molecular complexity index is 5270. The smallest absolute Gasteiger partial charge is 0.475 e. The number of benzene rings is 7. The van der Waals surface area contributed by atoms with Crippen LogP contribution in [0.15, 0.2) is 212 Å². The van der Waals surface area contributed by atoms with Crippen molar-refractivity contribution in [3.63, 3.8) is 0 Å². The van der Waals surface area contributed by atoms with Crippen molar-refractivity contribution in [3.8, 4) is 34.8 Å². The van der Waals surface area contributed by atoms with Gasteiger partial charge in [-0.25, -0.2) is 33.8 Å². The van der Waals surface area contributed by atoms with Gasteiger partial charge in [0.05, 0.1) is 84.5 Å². The van der Waals surface area contributed by atoms with E-state index in [2.05, 4.69) is 49.1 Å². The first-order chi connectivity index (χ1) is 58.2. The molecule has 0 saturated carbocycles. The maximum absolute atomic E-state index is 16.1. The quantitative estimate of drug-likeness (QED) is 0.0183. The highest BCUT2D eigenvalue weighted by Crippen LogP contribution is 2.56. The Kier molecular flexibility index (Phi) is 29.2.